The Morgan fingerprint density at radius 1 is 0.500 bits per heavy atom. The molecule has 0 unspecified atom stereocenters. The predicted molar refractivity (Wildman–Crippen MR) is 161 cm³/mol. The smallest absolute Gasteiger partial charge is 0.200 e. The third kappa shape index (κ3) is 6.58. The lowest BCUT2D eigenvalue weighted by molar-refractivity contribution is 0.474. The fraction of sp³-hybridized carbons (Fsp3) is 0.696. The molecule has 0 saturated heterocycles. The van der Waals surface area contributed by atoms with Crippen molar-refractivity contribution in [2.75, 3.05) is 113 Å². The number of benzene rings is 1. The summed E-state index contributed by atoms with van der Waals surface area (Å²) < 4.78 is 24.1. The fourth-order valence-electron chi connectivity index (χ4n) is 4.47. The van der Waals surface area contributed by atoms with Crippen LogP contribution in [0.4, 0.5) is 17.1 Å². The van der Waals surface area contributed by atoms with Gasteiger partial charge in [-0.3, -0.25) is 28.0 Å². The molecule has 0 heterocycles. The molecular weight excluding hydrogens is 492 g/mol. The van der Waals surface area contributed by atoms with Gasteiger partial charge >= 0.3 is 0 Å². The number of nitrogens with zero attached hydrogens (tertiary/aromatic N) is 11. The lowest BCUT2D eigenvalue weighted by Gasteiger charge is -2.41. The molecule has 0 saturated carbocycles. The van der Waals surface area contributed by atoms with Crippen LogP contribution >= 0.6 is 15.0 Å². The van der Waals surface area contributed by atoms with Crippen LogP contribution in [0.3, 0.4) is 0 Å². The molecule has 0 N–H and O–H groups in total. The van der Waals surface area contributed by atoms with Gasteiger partial charge in [-0.1, -0.05) is 6.07 Å². The first-order valence-electron chi connectivity index (χ1n) is 11.8. The zero-order valence-corrected chi connectivity index (χ0v) is 27.3. The van der Waals surface area contributed by atoms with E-state index in [0.29, 0.717) is 0 Å². The lowest BCUT2D eigenvalue weighted by atomic mass is 10.2. The summed E-state index contributed by atoms with van der Waals surface area (Å²) in [6.45, 7) is 0. The Labute approximate surface area is 221 Å². The van der Waals surface area contributed by atoms with Gasteiger partial charge < -0.3 is 9.80 Å². The van der Waals surface area contributed by atoms with Crippen LogP contribution in [-0.4, -0.2) is 157 Å². The van der Waals surface area contributed by atoms with Crippen LogP contribution in [0.5, 0.6) is 0 Å². The van der Waals surface area contributed by atoms with Crippen molar-refractivity contribution in [2.45, 2.75) is 0 Å². The zero-order valence-electron chi connectivity index (χ0n) is 25.5. The molecule has 0 atom stereocenters. The van der Waals surface area contributed by atoms with Gasteiger partial charge in [0.1, 0.15) is 5.69 Å². The number of hydrogen-bond acceptors (Lipinski definition) is 3. The maximum Gasteiger partial charge on any atom is 0.200 e. The second-order valence-corrected chi connectivity index (χ2v) is 17.5. The van der Waals surface area contributed by atoms with Gasteiger partial charge in [0, 0.05) is 28.2 Å². The largest absolute Gasteiger partial charge is 0.349 e. The minimum absolute atomic E-state index is 0.764. The first kappa shape index (κ1) is 32.7. The van der Waals surface area contributed by atoms with Gasteiger partial charge in [0.2, 0.25) is 5.96 Å². The minimum atomic E-state index is -2.22. The predicted octanol–water partition coefficient (Wildman–Crippen LogP) is 4.32. The van der Waals surface area contributed by atoms with Crippen molar-refractivity contribution in [1.29, 1.82) is 0 Å². The van der Waals surface area contributed by atoms with E-state index in [-0.39, 0.29) is 0 Å². The van der Waals surface area contributed by atoms with Gasteiger partial charge in [0.25, 0.3) is 0 Å². The van der Waals surface area contributed by atoms with Gasteiger partial charge in [-0.15, -0.1) is 0 Å². The van der Waals surface area contributed by atoms with Crippen molar-refractivity contribution in [2.24, 2.45) is 14.5 Å². The van der Waals surface area contributed by atoms with E-state index in [1.807, 2.05) is 56.2 Å². The number of rotatable bonds is 9. The quantitative estimate of drug-likeness (QED) is 0.259. The first-order valence-corrected chi connectivity index (χ1v) is 15.0. The Morgan fingerprint density at radius 2 is 0.778 bits per heavy atom. The van der Waals surface area contributed by atoms with Crippen molar-refractivity contribution in [1.82, 2.24) is 37.8 Å². The van der Waals surface area contributed by atoms with Crippen LogP contribution < -0.4 is 0 Å². The van der Waals surface area contributed by atoms with Crippen LogP contribution in [-0.2, 0) is 0 Å². The molecule has 0 spiro atoms. The molecule has 36 heavy (non-hydrogen) atoms. The van der Waals surface area contributed by atoms with Crippen molar-refractivity contribution in [3.63, 3.8) is 0 Å². The highest BCUT2D eigenvalue weighted by molar-refractivity contribution is 7.59. The van der Waals surface area contributed by atoms with E-state index in [0.717, 1.165) is 23.0 Å². The summed E-state index contributed by atoms with van der Waals surface area (Å²) in [7, 11) is 28.6. The first-order chi connectivity index (χ1) is 16.5. The van der Waals surface area contributed by atoms with Gasteiger partial charge in [-0.2, -0.15) is 0 Å². The summed E-state index contributed by atoms with van der Waals surface area (Å²) in [4.78, 5) is 9.21. The molecule has 0 aliphatic rings. The molecular formula is C23H51N11P2. The summed E-state index contributed by atoms with van der Waals surface area (Å²) >= 11 is 0. The fourth-order valence-corrected chi connectivity index (χ4v) is 10.7. The average molecular weight is 544 g/mol. The highest BCUT2D eigenvalue weighted by atomic mass is 31.2. The van der Waals surface area contributed by atoms with Crippen molar-refractivity contribution in [3.8, 4) is 0 Å². The normalized spacial score (nSPS) is 12.8. The highest BCUT2D eigenvalue weighted by Crippen LogP contribution is 2.61. The van der Waals surface area contributed by atoms with Crippen LogP contribution in [0.2, 0.25) is 0 Å². The molecule has 208 valence electrons. The van der Waals surface area contributed by atoms with E-state index in [4.69, 9.17) is 14.5 Å². The molecule has 11 nitrogen and oxygen atoms in total. The molecule has 1 aromatic rings. The summed E-state index contributed by atoms with van der Waals surface area (Å²) in [6, 6.07) is 6.13. The number of hydrogen-bond donors (Lipinski definition) is 0. The molecule has 0 bridgehead atoms. The molecule has 13 heteroatoms. The second-order valence-electron chi connectivity index (χ2n) is 10.2. The van der Waals surface area contributed by atoms with E-state index in [1.54, 1.807) is 0 Å². The Bertz CT molecular complexity index is 880. The second kappa shape index (κ2) is 13.0. The van der Waals surface area contributed by atoms with Crippen LogP contribution in [0.25, 0.3) is 0 Å². The summed E-state index contributed by atoms with van der Waals surface area (Å²) in [5, 5.41) is 0. The van der Waals surface area contributed by atoms with Crippen molar-refractivity contribution in [3.05, 3.63) is 18.2 Å². The molecule has 0 aliphatic heterocycles. The zero-order chi connectivity index (χ0) is 28.2. The molecule has 0 radical (unpaired) electrons. The van der Waals surface area contributed by atoms with E-state index in [9.17, 15) is 0 Å². The van der Waals surface area contributed by atoms with E-state index in [1.165, 1.54) is 0 Å². The van der Waals surface area contributed by atoms with E-state index >= 15 is 0 Å². The maximum atomic E-state index is 5.44. The molecule has 0 fully saturated rings. The van der Waals surface area contributed by atoms with Crippen LogP contribution in [0, 0.1) is 0 Å². The molecule has 1 aromatic carbocycles. The third-order valence-electron chi connectivity index (χ3n) is 5.71. The van der Waals surface area contributed by atoms with Gasteiger partial charge in [0.05, 0.1) is 11.4 Å². The Balaban J connectivity index is 4.40. The third-order valence-corrected chi connectivity index (χ3v) is 13.1. The standard InChI is InChI=1S/C23H51N11P2/c1-27(2)23(28(3)4)24-22-20(25-35(29(5)6,30(7)8)31(9)10)18-17-19-21(22)26-36(32(11)12,33(13)14)34(15)16/h17-19H,1-16H3. The Hall–Kier alpha value is -1.29. The summed E-state index contributed by atoms with van der Waals surface area (Å²) in [6.07, 6.45) is 0. The number of para-hydroxylation sites is 1. The van der Waals surface area contributed by atoms with Crippen LogP contribution in [0.15, 0.2) is 32.7 Å². The van der Waals surface area contributed by atoms with Crippen LogP contribution in [0.1, 0.15) is 0 Å². The molecule has 0 aromatic heterocycles. The lowest BCUT2D eigenvalue weighted by Crippen LogP contribution is -2.35. The molecule has 1 rings (SSSR count). The van der Waals surface area contributed by atoms with E-state index < -0.39 is 15.0 Å². The Kier molecular flexibility index (Phi) is 11.8. The number of guanidine groups is 1. The minimum Gasteiger partial charge on any atom is -0.349 e. The highest BCUT2D eigenvalue weighted by Gasteiger charge is 2.31. The Morgan fingerprint density at radius 3 is 1.00 bits per heavy atom. The van der Waals surface area contributed by atoms with Gasteiger partial charge in [0.15, 0.2) is 15.0 Å². The van der Waals surface area contributed by atoms with Gasteiger partial charge in [-0.05, 0) is 96.7 Å². The topological polar surface area (TPSA) is 63.0 Å². The van der Waals surface area contributed by atoms with Crippen molar-refractivity contribution >= 4 is 38.0 Å². The van der Waals surface area contributed by atoms with Gasteiger partial charge in [-0.25, -0.2) is 14.5 Å². The number of aliphatic imine (C=N–C) groups is 1. The average Bonchev–Trinajstić information content (AvgIpc) is 2.72. The summed E-state index contributed by atoms with van der Waals surface area (Å²) in [5.41, 5.74) is 2.40. The monoisotopic (exact) mass is 543 g/mol. The van der Waals surface area contributed by atoms with Crippen molar-refractivity contribution < 1.29 is 0 Å². The molecule has 0 aliphatic carbocycles. The summed E-state index contributed by atoms with van der Waals surface area (Å²) in [5.74, 6) is 0.820. The maximum absolute atomic E-state index is 5.44. The SMILES string of the molecule is CN(C)C(=Nc1c(N=P(N(C)C)(N(C)C)N(C)C)cccc1N=P(N(C)C)(N(C)C)N(C)C)N(C)C. The molecule has 0 amide bonds. The van der Waals surface area contributed by atoms with E-state index in [2.05, 4.69) is 113 Å².